The summed E-state index contributed by atoms with van der Waals surface area (Å²) in [7, 11) is 0. The molecule has 2 N–H and O–H groups in total. The van der Waals surface area contributed by atoms with E-state index in [1.165, 1.54) is 38.5 Å². The maximum atomic E-state index is 5.80. The fourth-order valence-corrected chi connectivity index (χ4v) is 2.27. The van der Waals surface area contributed by atoms with E-state index in [4.69, 9.17) is 5.73 Å². The van der Waals surface area contributed by atoms with E-state index in [1.54, 1.807) is 0 Å². The van der Waals surface area contributed by atoms with Crippen LogP contribution in [0.2, 0.25) is 0 Å². The van der Waals surface area contributed by atoms with Gasteiger partial charge in [0.15, 0.2) is 0 Å². The van der Waals surface area contributed by atoms with Gasteiger partial charge >= 0.3 is 0 Å². The number of rotatable bonds is 4. The molecule has 1 saturated carbocycles. The standard InChI is InChI=1S/C10H21N/c1-3-5-6-10(4-2)7-9(11)8-10/h9H,3-8,11H2,1-2H3. The Balaban J connectivity index is 2.26. The zero-order chi connectivity index (χ0) is 8.32. The van der Waals surface area contributed by atoms with Gasteiger partial charge in [0.25, 0.3) is 0 Å². The molecule has 66 valence electrons. The molecule has 1 nitrogen and oxygen atoms in total. The quantitative estimate of drug-likeness (QED) is 0.663. The molecule has 1 aliphatic carbocycles. The Hall–Kier alpha value is -0.0400. The highest BCUT2D eigenvalue weighted by atomic mass is 14.7. The highest BCUT2D eigenvalue weighted by Crippen LogP contribution is 2.46. The Bertz CT molecular complexity index is 114. The second-order valence-corrected chi connectivity index (χ2v) is 4.13. The third-order valence-corrected chi connectivity index (χ3v) is 3.20. The molecule has 0 amide bonds. The van der Waals surface area contributed by atoms with Gasteiger partial charge in [-0.3, -0.25) is 0 Å². The van der Waals surface area contributed by atoms with E-state index in [2.05, 4.69) is 13.8 Å². The zero-order valence-corrected chi connectivity index (χ0v) is 7.90. The summed E-state index contributed by atoms with van der Waals surface area (Å²) in [6.45, 7) is 4.57. The smallest absolute Gasteiger partial charge is 0.00494 e. The average Bonchev–Trinajstić information content (AvgIpc) is 1.96. The zero-order valence-electron chi connectivity index (χ0n) is 7.90. The third-order valence-electron chi connectivity index (χ3n) is 3.20. The molecule has 0 aromatic carbocycles. The van der Waals surface area contributed by atoms with Crippen molar-refractivity contribution >= 4 is 0 Å². The molecule has 0 unspecified atom stereocenters. The summed E-state index contributed by atoms with van der Waals surface area (Å²) < 4.78 is 0. The van der Waals surface area contributed by atoms with Crippen molar-refractivity contribution < 1.29 is 0 Å². The molecule has 0 saturated heterocycles. The molecule has 0 radical (unpaired) electrons. The molecule has 0 atom stereocenters. The first-order valence-corrected chi connectivity index (χ1v) is 4.98. The monoisotopic (exact) mass is 155 g/mol. The Labute approximate surface area is 70.4 Å². The Kier molecular flexibility index (Phi) is 2.94. The van der Waals surface area contributed by atoms with Crippen LogP contribution in [0.25, 0.3) is 0 Å². The molecular weight excluding hydrogens is 134 g/mol. The van der Waals surface area contributed by atoms with Gasteiger partial charge < -0.3 is 5.73 Å². The van der Waals surface area contributed by atoms with Crippen molar-refractivity contribution in [3.05, 3.63) is 0 Å². The van der Waals surface area contributed by atoms with Crippen LogP contribution in [-0.2, 0) is 0 Å². The summed E-state index contributed by atoms with van der Waals surface area (Å²) in [5, 5.41) is 0. The van der Waals surface area contributed by atoms with E-state index in [0.29, 0.717) is 11.5 Å². The number of hydrogen-bond acceptors (Lipinski definition) is 1. The molecule has 1 fully saturated rings. The molecule has 0 aliphatic heterocycles. The van der Waals surface area contributed by atoms with E-state index in [-0.39, 0.29) is 0 Å². The van der Waals surface area contributed by atoms with E-state index in [9.17, 15) is 0 Å². The van der Waals surface area contributed by atoms with Crippen molar-refractivity contribution in [3.63, 3.8) is 0 Å². The van der Waals surface area contributed by atoms with Crippen LogP contribution in [0, 0.1) is 5.41 Å². The van der Waals surface area contributed by atoms with Gasteiger partial charge in [0, 0.05) is 6.04 Å². The first-order valence-electron chi connectivity index (χ1n) is 4.98. The molecule has 0 spiro atoms. The third kappa shape index (κ3) is 1.96. The van der Waals surface area contributed by atoms with Crippen molar-refractivity contribution in [2.24, 2.45) is 11.1 Å². The maximum Gasteiger partial charge on any atom is 0.00494 e. The van der Waals surface area contributed by atoms with Crippen LogP contribution in [0.15, 0.2) is 0 Å². The Morgan fingerprint density at radius 3 is 2.36 bits per heavy atom. The van der Waals surface area contributed by atoms with Crippen LogP contribution in [0.4, 0.5) is 0 Å². The molecule has 11 heavy (non-hydrogen) atoms. The van der Waals surface area contributed by atoms with Crippen LogP contribution in [0.5, 0.6) is 0 Å². The van der Waals surface area contributed by atoms with Crippen LogP contribution in [0.3, 0.4) is 0 Å². The van der Waals surface area contributed by atoms with Gasteiger partial charge in [0.05, 0.1) is 0 Å². The molecule has 0 aromatic heterocycles. The summed E-state index contributed by atoms with van der Waals surface area (Å²) in [4.78, 5) is 0. The summed E-state index contributed by atoms with van der Waals surface area (Å²) >= 11 is 0. The minimum Gasteiger partial charge on any atom is -0.328 e. The second kappa shape index (κ2) is 3.57. The summed E-state index contributed by atoms with van der Waals surface area (Å²) in [5.41, 5.74) is 6.46. The minimum atomic E-state index is 0.520. The van der Waals surface area contributed by atoms with Gasteiger partial charge in [0.2, 0.25) is 0 Å². The van der Waals surface area contributed by atoms with Crippen LogP contribution < -0.4 is 5.73 Å². The van der Waals surface area contributed by atoms with Gasteiger partial charge in [-0.05, 0) is 24.7 Å². The molecule has 1 aliphatic rings. The lowest BCUT2D eigenvalue weighted by Gasteiger charge is -2.46. The Morgan fingerprint density at radius 2 is 2.00 bits per heavy atom. The van der Waals surface area contributed by atoms with E-state index >= 15 is 0 Å². The molecule has 0 bridgehead atoms. The van der Waals surface area contributed by atoms with Crippen LogP contribution >= 0.6 is 0 Å². The van der Waals surface area contributed by atoms with Crippen LogP contribution in [-0.4, -0.2) is 6.04 Å². The number of hydrogen-bond donors (Lipinski definition) is 1. The molecule has 0 heterocycles. The maximum absolute atomic E-state index is 5.80. The second-order valence-electron chi connectivity index (χ2n) is 4.13. The van der Waals surface area contributed by atoms with Gasteiger partial charge in [-0.25, -0.2) is 0 Å². The van der Waals surface area contributed by atoms with E-state index in [0.717, 1.165) is 0 Å². The predicted octanol–water partition coefficient (Wildman–Crippen LogP) is 2.69. The topological polar surface area (TPSA) is 26.0 Å². The van der Waals surface area contributed by atoms with Crippen molar-refractivity contribution in [1.82, 2.24) is 0 Å². The van der Waals surface area contributed by atoms with Gasteiger partial charge in [-0.2, -0.15) is 0 Å². The molecular formula is C10H21N. The van der Waals surface area contributed by atoms with Gasteiger partial charge in [-0.1, -0.05) is 33.1 Å². The largest absolute Gasteiger partial charge is 0.328 e. The minimum absolute atomic E-state index is 0.520. The summed E-state index contributed by atoms with van der Waals surface area (Å²) in [5.74, 6) is 0. The van der Waals surface area contributed by atoms with E-state index in [1.807, 2.05) is 0 Å². The van der Waals surface area contributed by atoms with Crippen molar-refractivity contribution in [3.8, 4) is 0 Å². The van der Waals surface area contributed by atoms with E-state index < -0.39 is 0 Å². The number of unbranched alkanes of at least 4 members (excludes halogenated alkanes) is 1. The molecule has 1 heteroatoms. The molecule has 0 aromatic rings. The van der Waals surface area contributed by atoms with Crippen molar-refractivity contribution in [2.75, 3.05) is 0 Å². The van der Waals surface area contributed by atoms with Gasteiger partial charge in [0.1, 0.15) is 0 Å². The van der Waals surface area contributed by atoms with Crippen LogP contribution in [0.1, 0.15) is 52.4 Å². The predicted molar refractivity (Wildman–Crippen MR) is 49.5 cm³/mol. The normalized spacial score (nSPS) is 36.8. The SMILES string of the molecule is CCCCC1(CC)CC(N)C1. The van der Waals surface area contributed by atoms with Crippen molar-refractivity contribution in [1.29, 1.82) is 0 Å². The average molecular weight is 155 g/mol. The Morgan fingerprint density at radius 1 is 1.36 bits per heavy atom. The fraction of sp³-hybridized carbons (Fsp3) is 1.00. The van der Waals surface area contributed by atoms with Gasteiger partial charge in [-0.15, -0.1) is 0 Å². The highest BCUT2D eigenvalue weighted by molar-refractivity contribution is 4.94. The highest BCUT2D eigenvalue weighted by Gasteiger charge is 2.39. The lowest BCUT2D eigenvalue weighted by molar-refractivity contribution is 0.0837. The lowest BCUT2D eigenvalue weighted by Crippen LogP contribution is -2.45. The summed E-state index contributed by atoms with van der Waals surface area (Å²) in [6.07, 6.45) is 8.03. The first kappa shape index (κ1) is 9.05. The summed E-state index contributed by atoms with van der Waals surface area (Å²) in [6, 6.07) is 0.520. The first-order chi connectivity index (χ1) is 5.22. The lowest BCUT2D eigenvalue weighted by atomic mass is 9.62. The number of nitrogens with two attached hydrogens (primary N) is 1. The van der Waals surface area contributed by atoms with Crippen molar-refractivity contribution in [2.45, 2.75) is 58.4 Å². The molecule has 1 rings (SSSR count). The fourth-order valence-electron chi connectivity index (χ4n) is 2.27.